The summed E-state index contributed by atoms with van der Waals surface area (Å²) in [7, 11) is 0. The lowest BCUT2D eigenvalue weighted by Crippen LogP contribution is -2.47. The van der Waals surface area contributed by atoms with Gasteiger partial charge in [0.25, 0.3) is 5.56 Å². The fourth-order valence-electron chi connectivity index (χ4n) is 4.49. The molecule has 0 unspecified atom stereocenters. The molecular formula is C21H19N7O. The van der Waals surface area contributed by atoms with E-state index in [0.717, 1.165) is 36.6 Å². The summed E-state index contributed by atoms with van der Waals surface area (Å²) in [4.78, 5) is 27.7. The number of hydrogen-bond donors (Lipinski definition) is 1. The average Bonchev–Trinajstić information content (AvgIpc) is 2.74. The number of nitrogens with zero attached hydrogens (tertiary/aromatic N) is 6. The molecule has 1 saturated heterocycles. The minimum Gasteiger partial charge on any atom is -0.384 e. The molecule has 0 amide bonds. The van der Waals surface area contributed by atoms with E-state index in [1.165, 1.54) is 6.33 Å². The molecule has 0 aromatic carbocycles. The number of aromatic nitrogens is 4. The summed E-state index contributed by atoms with van der Waals surface area (Å²) in [5, 5.41) is 9.15. The molecule has 2 atom stereocenters. The van der Waals surface area contributed by atoms with Crippen molar-refractivity contribution in [2.24, 2.45) is 5.92 Å². The van der Waals surface area contributed by atoms with Crippen LogP contribution < -0.4 is 16.2 Å². The molecule has 2 bridgehead atoms. The van der Waals surface area contributed by atoms with Crippen molar-refractivity contribution < 1.29 is 0 Å². The quantitative estimate of drug-likeness (QED) is 0.715. The van der Waals surface area contributed by atoms with Crippen molar-refractivity contribution in [2.45, 2.75) is 18.9 Å². The van der Waals surface area contributed by atoms with Gasteiger partial charge in [-0.3, -0.25) is 4.79 Å². The molecular weight excluding hydrogens is 366 g/mol. The summed E-state index contributed by atoms with van der Waals surface area (Å²) in [6, 6.07) is 13.0. The van der Waals surface area contributed by atoms with Crippen molar-refractivity contribution in [3.63, 3.8) is 0 Å². The Morgan fingerprint density at radius 3 is 2.86 bits per heavy atom. The Morgan fingerprint density at radius 1 is 1.14 bits per heavy atom. The number of piperidine rings is 1. The molecule has 5 heterocycles. The molecule has 29 heavy (non-hydrogen) atoms. The minimum absolute atomic E-state index is 0.0116. The Morgan fingerprint density at radius 2 is 2.03 bits per heavy atom. The molecule has 8 heteroatoms. The van der Waals surface area contributed by atoms with Crippen LogP contribution in [0, 0.1) is 17.2 Å². The van der Waals surface area contributed by atoms with Crippen LogP contribution >= 0.6 is 0 Å². The first-order chi connectivity index (χ1) is 14.1. The second kappa shape index (κ2) is 6.71. The van der Waals surface area contributed by atoms with Gasteiger partial charge in [-0.05, 0) is 30.5 Å². The summed E-state index contributed by atoms with van der Waals surface area (Å²) >= 11 is 0. The molecule has 2 aliphatic heterocycles. The Balaban J connectivity index is 1.53. The minimum atomic E-state index is -0.0116. The van der Waals surface area contributed by atoms with Crippen LogP contribution in [-0.2, 0) is 6.54 Å². The van der Waals surface area contributed by atoms with E-state index >= 15 is 0 Å². The molecule has 0 radical (unpaired) electrons. The Bertz CT molecular complexity index is 1200. The van der Waals surface area contributed by atoms with E-state index in [-0.39, 0.29) is 11.5 Å². The van der Waals surface area contributed by atoms with Crippen molar-refractivity contribution >= 4 is 11.6 Å². The fourth-order valence-corrected chi connectivity index (χ4v) is 4.49. The third kappa shape index (κ3) is 3.10. The van der Waals surface area contributed by atoms with Crippen LogP contribution in [0.5, 0.6) is 0 Å². The SMILES string of the molecule is N#Cc1cccc(N2C[C@@H]3C[C@H](C2)c2cc(-c4cc(N)ncn4)cc(=O)n2C3)n1. The molecule has 2 aliphatic rings. The van der Waals surface area contributed by atoms with E-state index in [2.05, 4.69) is 25.9 Å². The highest BCUT2D eigenvalue weighted by atomic mass is 16.1. The van der Waals surface area contributed by atoms with E-state index < -0.39 is 0 Å². The maximum atomic E-state index is 12.8. The second-order valence-electron chi connectivity index (χ2n) is 7.64. The molecule has 3 aromatic heterocycles. The molecule has 0 saturated carbocycles. The number of nitrogens with two attached hydrogens (primary N) is 1. The molecule has 5 rings (SSSR count). The summed E-state index contributed by atoms with van der Waals surface area (Å²) in [5.74, 6) is 1.77. The number of rotatable bonds is 2. The lowest BCUT2D eigenvalue weighted by Gasteiger charge is -2.43. The summed E-state index contributed by atoms with van der Waals surface area (Å²) in [5.41, 5.74) is 8.62. The van der Waals surface area contributed by atoms with Crippen LogP contribution in [0.25, 0.3) is 11.3 Å². The van der Waals surface area contributed by atoms with E-state index in [1.54, 1.807) is 18.2 Å². The highest BCUT2D eigenvalue weighted by molar-refractivity contribution is 5.62. The molecule has 0 spiro atoms. The van der Waals surface area contributed by atoms with Gasteiger partial charge < -0.3 is 15.2 Å². The fraction of sp³-hybridized carbons (Fsp3) is 0.286. The van der Waals surface area contributed by atoms with Crippen molar-refractivity contribution in [1.29, 1.82) is 5.26 Å². The van der Waals surface area contributed by atoms with Gasteiger partial charge in [-0.2, -0.15) is 5.26 Å². The summed E-state index contributed by atoms with van der Waals surface area (Å²) in [6.07, 6.45) is 2.44. The van der Waals surface area contributed by atoms with E-state index in [9.17, 15) is 4.79 Å². The number of fused-ring (bicyclic) bond motifs is 4. The smallest absolute Gasteiger partial charge is 0.251 e. The summed E-state index contributed by atoms with van der Waals surface area (Å²) in [6.45, 7) is 2.27. The zero-order valence-electron chi connectivity index (χ0n) is 15.7. The van der Waals surface area contributed by atoms with Crippen LogP contribution in [0.1, 0.15) is 23.7 Å². The zero-order valence-corrected chi connectivity index (χ0v) is 15.7. The van der Waals surface area contributed by atoms with Gasteiger partial charge in [0, 0.05) is 48.9 Å². The van der Waals surface area contributed by atoms with E-state index in [4.69, 9.17) is 11.0 Å². The highest BCUT2D eigenvalue weighted by Crippen LogP contribution is 2.37. The molecule has 0 aliphatic carbocycles. The van der Waals surface area contributed by atoms with Gasteiger partial charge in [-0.1, -0.05) is 6.07 Å². The average molecular weight is 385 g/mol. The van der Waals surface area contributed by atoms with Crippen LogP contribution in [0.2, 0.25) is 0 Å². The normalized spacial score (nSPS) is 20.0. The summed E-state index contributed by atoms with van der Waals surface area (Å²) < 4.78 is 1.89. The first-order valence-corrected chi connectivity index (χ1v) is 9.55. The number of pyridine rings is 2. The topological polar surface area (TPSA) is 114 Å². The first-order valence-electron chi connectivity index (χ1n) is 9.55. The van der Waals surface area contributed by atoms with E-state index in [0.29, 0.717) is 29.7 Å². The molecule has 3 aromatic rings. The Hall–Kier alpha value is -3.73. The Kier molecular flexibility index (Phi) is 4.02. The van der Waals surface area contributed by atoms with Gasteiger partial charge >= 0.3 is 0 Å². The van der Waals surface area contributed by atoms with Crippen LogP contribution in [0.3, 0.4) is 0 Å². The van der Waals surface area contributed by atoms with Gasteiger partial charge in [0.05, 0.1) is 5.69 Å². The van der Waals surface area contributed by atoms with Gasteiger partial charge in [0.15, 0.2) is 0 Å². The van der Waals surface area contributed by atoms with Crippen molar-refractivity contribution in [3.8, 4) is 17.3 Å². The number of hydrogen-bond acceptors (Lipinski definition) is 7. The predicted molar refractivity (Wildman–Crippen MR) is 108 cm³/mol. The molecule has 144 valence electrons. The molecule has 1 fully saturated rings. The number of nitriles is 1. The Labute approximate surface area is 167 Å². The lowest BCUT2D eigenvalue weighted by molar-refractivity contribution is 0.281. The first kappa shape index (κ1) is 17.4. The third-order valence-corrected chi connectivity index (χ3v) is 5.71. The van der Waals surface area contributed by atoms with Gasteiger partial charge in [-0.15, -0.1) is 0 Å². The highest BCUT2D eigenvalue weighted by Gasteiger charge is 2.35. The zero-order chi connectivity index (χ0) is 20.0. The second-order valence-corrected chi connectivity index (χ2v) is 7.64. The molecule has 2 N–H and O–H groups in total. The number of anilines is 2. The van der Waals surface area contributed by atoms with Crippen LogP contribution in [0.4, 0.5) is 11.6 Å². The van der Waals surface area contributed by atoms with Gasteiger partial charge in [-0.25, -0.2) is 15.0 Å². The monoisotopic (exact) mass is 385 g/mol. The third-order valence-electron chi connectivity index (χ3n) is 5.71. The maximum absolute atomic E-state index is 12.8. The largest absolute Gasteiger partial charge is 0.384 e. The van der Waals surface area contributed by atoms with Gasteiger partial charge in [0.1, 0.15) is 29.7 Å². The van der Waals surface area contributed by atoms with Crippen LogP contribution in [0.15, 0.2) is 47.5 Å². The van der Waals surface area contributed by atoms with Crippen molar-refractivity contribution in [2.75, 3.05) is 23.7 Å². The maximum Gasteiger partial charge on any atom is 0.251 e. The lowest BCUT2D eigenvalue weighted by atomic mass is 9.82. The predicted octanol–water partition coefficient (Wildman–Crippen LogP) is 1.78. The van der Waals surface area contributed by atoms with Crippen LogP contribution in [-0.4, -0.2) is 32.6 Å². The number of nitrogen functional groups attached to an aromatic ring is 1. The standard InChI is InChI=1S/C21H19N7O/c22-8-16-2-1-3-20(26-16)27-9-13-4-15(11-27)18-5-14(6-21(29)28(18)10-13)17-7-19(23)25-12-24-17/h1-3,5-7,12-13,15H,4,9-11H2,(H2,23,24,25)/t13-,15+/m0/s1. The van der Waals surface area contributed by atoms with Crippen molar-refractivity contribution in [3.05, 3.63) is 64.5 Å². The van der Waals surface area contributed by atoms with E-state index in [1.807, 2.05) is 22.8 Å². The molecule has 8 nitrogen and oxygen atoms in total. The van der Waals surface area contributed by atoms with Crippen molar-refractivity contribution in [1.82, 2.24) is 19.5 Å². The van der Waals surface area contributed by atoms with Gasteiger partial charge in [0.2, 0.25) is 0 Å².